The van der Waals surface area contributed by atoms with Gasteiger partial charge in [-0.25, -0.2) is 4.98 Å². The SMILES string of the molecule is CCN(C(C)=O)c1nc(CN2CCN(C(=O)c3ccsc3)CC2)cs1. The molecule has 0 N–H and O–H groups in total. The van der Waals surface area contributed by atoms with Crippen molar-refractivity contribution in [2.24, 2.45) is 0 Å². The average Bonchev–Trinajstić information content (AvgIpc) is 3.27. The summed E-state index contributed by atoms with van der Waals surface area (Å²) < 4.78 is 0. The zero-order valence-electron chi connectivity index (χ0n) is 14.5. The van der Waals surface area contributed by atoms with E-state index in [4.69, 9.17) is 0 Å². The van der Waals surface area contributed by atoms with Crippen LogP contribution >= 0.6 is 22.7 Å². The van der Waals surface area contributed by atoms with Crippen molar-refractivity contribution < 1.29 is 9.59 Å². The van der Waals surface area contributed by atoms with Crippen molar-refractivity contribution in [1.82, 2.24) is 14.8 Å². The second-order valence-electron chi connectivity index (χ2n) is 5.97. The maximum Gasteiger partial charge on any atom is 0.254 e. The van der Waals surface area contributed by atoms with Crippen molar-refractivity contribution in [3.8, 4) is 0 Å². The molecule has 3 rings (SSSR count). The highest BCUT2D eigenvalue weighted by atomic mass is 32.1. The zero-order valence-corrected chi connectivity index (χ0v) is 16.1. The lowest BCUT2D eigenvalue weighted by Crippen LogP contribution is -2.48. The molecule has 1 fully saturated rings. The van der Waals surface area contributed by atoms with Crippen LogP contribution in [0.15, 0.2) is 22.2 Å². The fraction of sp³-hybridized carbons (Fsp3) is 0.471. The third-order valence-electron chi connectivity index (χ3n) is 4.28. The second-order valence-corrected chi connectivity index (χ2v) is 7.58. The normalized spacial score (nSPS) is 15.4. The van der Waals surface area contributed by atoms with Crippen molar-refractivity contribution in [3.05, 3.63) is 33.5 Å². The molecule has 1 aliphatic rings. The Morgan fingerprint density at radius 2 is 2.00 bits per heavy atom. The van der Waals surface area contributed by atoms with Gasteiger partial charge in [0.15, 0.2) is 5.13 Å². The highest BCUT2D eigenvalue weighted by Gasteiger charge is 2.23. The molecule has 2 aromatic heterocycles. The highest BCUT2D eigenvalue weighted by molar-refractivity contribution is 7.14. The smallest absolute Gasteiger partial charge is 0.254 e. The molecule has 1 aliphatic heterocycles. The van der Waals surface area contributed by atoms with E-state index in [1.165, 1.54) is 11.3 Å². The Labute approximate surface area is 155 Å². The van der Waals surface area contributed by atoms with Gasteiger partial charge in [0.25, 0.3) is 5.91 Å². The van der Waals surface area contributed by atoms with Gasteiger partial charge in [-0.2, -0.15) is 11.3 Å². The van der Waals surface area contributed by atoms with E-state index in [2.05, 4.69) is 9.88 Å². The molecule has 25 heavy (non-hydrogen) atoms. The van der Waals surface area contributed by atoms with E-state index in [0.717, 1.165) is 49.1 Å². The quantitative estimate of drug-likeness (QED) is 0.802. The van der Waals surface area contributed by atoms with Crippen molar-refractivity contribution in [2.75, 3.05) is 37.6 Å². The minimum absolute atomic E-state index is 0.0176. The molecule has 1 saturated heterocycles. The number of hydrogen-bond donors (Lipinski definition) is 0. The number of piperazine rings is 1. The van der Waals surface area contributed by atoms with Crippen molar-refractivity contribution in [2.45, 2.75) is 20.4 Å². The number of rotatable bonds is 5. The van der Waals surface area contributed by atoms with Gasteiger partial charge in [-0.05, 0) is 18.4 Å². The average molecular weight is 379 g/mol. The molecule has 0 spiro atoms. The summed E-state index contributed by atoms with van der Waals surface area (Å²) in [5, 5.41) is 6.62. The van der Waals surface area contributed by atoms with Crippen molar-refractivity contribution in [3.63, 3.8) is 0 Å². The third-order valence-corrected chi connectivity index (χ3v) is 5.88. The number of thiazole rings is 1. The van der Waals surface area contributed by atoms with Crippen LogP contribution in [0.1, 0.15) is 29.9 Å². The minimum atomic E-state index is 0.0176. The molecule has 8 heteroatoms. The van der Waals surface area contributed by atoms with Gasteiger partial charge in [0.2, 0.25) is 5.91 Å². The largest absolute Gasteiger partial charge is 0.336 e. The Morgan fingerprint density at radius 1 is 1.24 bits per heavy atom. The van der Waals surface area contributed by atoms with Crippen LogP contribution in [0, 0.1) is 0 Å². The van der Waals surface area contributed by atoms with Gasteiger partial charge >= 0.3 is 0 Å². The standard InChI is InChI=1S/C17H22N4O2S2/c1-3-21(13(2)22)17-18-15(12-25-17)10-19-5-7-20(8-6-19)16(23)14-4-9-24-11-14/h4,9,11-12H,3,5-8,10H2,1-2H3. The number of nitrogens with zero attached hydrogens (tertiary/aromatic N) is 4. The van der Waals surface area contributed by atoms with Gasteiger partial charge in [-0.3, -0.25) is 19.4 Å². The molecule has 2 aromatic rings. The van der Waals surface area contributed by atoms with Crippen LogP contribution < -0.4 is 4.90 Å². The maximum absolute atomic E-state index is 12.4. The Hall–Kier alpha value is -1.77. The molecule has 134 valence electrons. The predicted molar refractivity (Wildman–Crippen MR) is 101 cm³/mol. The summed E-state index contributed by atoms with van der Waals surface area (Å²) in [6, 6.07) is 1.88. The number of anilines is 1. The topological polar surface area (TPSA) is 56.8 Å². The van der Waals surface area contributed by atoms with E-state index in [0.29, 0.717) is 6.54 Å². The molecule has 0 saturated carbocycles. The Balaban J connectivity index is 1.53. The van der Waals surface area contributed by atoms with Gasteiger partial charge in [-0.15, -0.1) is 11.3 Å². The molecule has 0 unspecified atom stereocenters. The predicted octanol–water partition coefficient (Wildman–Crippen LogP) is 2.54. The van der Waals surface area contributed by atoms with Gasteiger partial charge < -0.3 is 4.90 Å². The van der Waals surface area contributed by atoms with Crippen molar-refractivity contribution in [1.29, 1.82) is 0 Å². The molecular weight excluding hydrogens is 356 g/mol. The van der Waals surface area contributed by atoms with E-state index in [1.807, 2.05) is 34.0 Å². The summed E-state index contributed by atoms with van der Waals surface area (Å²) in [4.78, 5) is 34.5. The van der Waals surface area contributed by atoms with Gasteiger partial charge in [0.1, 0.15) is 0 Å². The van der Waals surface area contributed by atoms with Gasteiger partial charge in [0, 0.05) is 57.0 Å². The van der Waals surface area contributed by atoms with Crippen molar-refractivity contribution >= 4 is 39.6 Å². The van der Waals surface area contributed by atoms with E-state index >= 15 is 0 Å². The number of carbonyl (C=O) groups is 2. The highest BCUT2D eigenvalue weighted by Crippen LogP contribution is 2.22. The van der Waals surface area contributed by atoms with E-state index in [-0.39, 0.29) is 11.8 Å². The summed E-state index contributed by atoms with van der Waals surface area (Å²) in [6.45, 7) is 8.05. The number of hydrogen-bond acceptors (Lipinski definition) is 6. The Morgan fingerprint density at radius 3 is 2.60 bits per heavy atom. The molecular formula is C17H22N4O2S2. The first kappa shape index (κ1) is 18.0. The monoisotopic (exact) mass is 378 g/mol. The van der Waals surface area contributed by atoms with E-state index in [1.54, 1.807) is 23.2 Å². The van der Waals surface area contributed by atoms with Crippen LogP contribution in [0.25, 0.3) is 0 Å². The van der Waals surface area contributed by atoms with Gasteiger partial charge in [-0.1, -0.05) is 0 Å². The molecule has 0 radical (unpaired) electrons. The molecule has 0 bridgehead atoms. The first-order chi connectivity index (χ1) is 12.1. The lowest BCUT2D eigenvalue weighted by atomic mass is 10.2. The summed E-state index contributed by atoms with van der Waals surface area (Å²) in [6.07, 6.45) is 0. The van der Waals surface area contributed by atoms with Crippen LogP contribution in [0.4, 0.5) is 5.13 Å². The summed E-state index contributed by atoms with van der Waals surface area (Å²) >= 11 is 3.06. The van der Waals surface area contributed by atoms with E-state index < -0.39 is 0 Å². The molecule has 3 heterocycles. The van der Waals surface area contributed by atoms with E-state index in [9.17, 15) is 9.59 Å². The van der Waals surface area contributed by atoms with Gasteiger partial charge in [0.05, 0.1) is 11.3 Å². The number of amides is 2. The van der Waals surface area contributed by atoms with Crippen LogP contribution in [0.2, 0.25) is 0 Å². The first-order valence-electron chi connectivity index (χ1n) is 8.34. The molecule has 6 nitrogen and oxygen atoms in total. The first-order valence-corrected chi connectivity index (χ1v) is 10.2. The Bertz CT molecular complexity index is 721. The van der Waals surface area contributed by atoms with Crippen LogP contribution in [-0.4, -0.2) is 59.3 Å². The second kappa shape index (κ2) is 8.07. The minimum Gasteiger partial charge on any atom is -0.336 e. The van der Waals surface area contributed by atoms with Crippen LogP contribution in [0.5, 0.6) is 0 Å². The summed E-state index contributed by atoms with van der Waals surface area (Å²) in [5.41, 5.74) is 1.77. The third kappa shape index (κ3) is 4.26. The summed E-state index contributed by atoms with van der Waals surface area (Å²) in [5.74, 6) is 0.140. The fourth-order valence-electron chi connectivity index (χ4n) is 2.89. The number of thiophene rings is 1. The molecule has 0 atom stereocenters. The lowest BCUT2D eigenvalue weighted by Gasteiger charge is -2.34. The zero-order chi connectivity index (χ0) is 17.8. The maximum atomic E-state index is 12.4. The molecule has 2 amide bonds. The van der Waals surface area contributed by atoms with Crippen LogP contribution in [-0.2, 0) is 11.3 Å². The fourth-order valence-corrected chi connectivity index (χ4v) is 4.45. The number of aromatic nitrogens is 1. The summed E-state index contributed by atoms with van der Waals surface area (Å²) in [7, 11) is 0. The number of carbonyl (C=O) groups excluding carboxylic acids is 2. The Kier molecular flexibility index (Phi) is 5.82. The molecule has 0 aliphatic carbocycles. The molecule has 0 aromatic carbocycles. The van der Waals surface area contributed by atoms with Crippen LogP contribution in [0.3, 0.4) is 0 Å². The lowest BCUT2D eigenvalue weighted by molar-refractivity contribution is -0.116.